The number of carbonyl (C=O) groups is 2. The Morgan fingerprint density at radius 3 is 2.34 bits per heavy atom. The molecule has 0 aromatic heterocycles. The van der Waals surface area contributed by atoms with Crippen molar-refractivity contribution in [3.05, 3.63) is 68.7 Å². The first kappa shape index (κ1) is 29.4. The van der Waals surface area contributed by atoms with E-state index >= 15 is 0 Å². The molecular formula is C26H33ClN4O6S. The van der Waals surface area contributed by atoms with E-state index in [1.54, 1.807) is 38.1 Å². The van der Waals surface area contributed by atoms with Crippen LogP contribution in [0, 0.1) is 17.0 Å². The standard InChI is InChI=1S/C26H33ClN4O6S/c1-4-23(26(33)28-21-7-5-6-8-21)29(16-19-10-12-20(27)13-11-19)25(32)17-30(38(3,36)37)24-15-22(31(34)35)14-9-18(24)2/h9-15,21,23H,4-8,16-17H2,1-3H3,(H,28,33)/t23-/m0/s1. The first-order valence-electron chi connectivity index (χ1n) is 12.5. The predicted molar refractivity (Wildman–Crippen MR) is 147 cm³/mol. The fourth-order valence-corrected chi connectivity index (χ4v) is 5.67. The number of carbonyl (C=O) groups excluding carboxylic acids is 2. The minimum atomic E-state index is -4.02. The van der Waals surface area contributed by atoms with Crippen molar-refractivity contribution < 1.29 is 22.9 Å². The molecule has 1 atom stereocenters. The van der Waals surface area contributed by atoms with Gasteiger partial charge in [-0.1, -0.05) is 49.6 Å². The van der Waals surface area contributed by atoms with E-state index in [0.717, 1.165) is 42.3 Å². The smallest absolute Gasteiger partial charge is 0.271 e. The average Bonchev–Trinajstić information content (AvgIpc) is 3.36. The van der Waals surface area contributed by atoms with Crippen LogP contribution in [0.1, 0.15) is 50.2 Å². The van der Waals surface area contributed by atoms with E-state index in [4.69, 9.17) is 11.6 Å². The molecule has 1 aliphatic carbocycles. The number of nitrogens with zero attached hydrogens (tertiary/aromatic N) is 3. The topological polar surface area (TPSA) is 130 Å². The Kier molecular flexibility index (Phi) is 9.72. The maximum Gasteiger partial charge on any atom is 0.271 e. The molecule has 1 fully saturated rings. The molecule has 3 rings (SSSR count). The third-order valence-corrected chi connectivity index (χ3v) is 8.08. The number of sulfonamides is 1. The summed E-state index contributed by atoms with van der Waals surface area (Å²) in [6.45, 7) is 2.83. The average molecular weight is 565 g/mol. The lowest BCUT2D eigenvalue weighted by atomic mass is 10.1. The van der Waals surface area contributed by atoms with Crippen LogP contribution in [0.5, 0.6) is 0 Å². The van der Waals surface area contributed by atoms with Gasteiger partial charge in [0.1, 0.15) is 12.6 Å². The molecule has 1 saturated carbocycles. The van der Waals surface area contributed by atoms with Crippen molar-refractivity contribution in [2.75, 3.05) is 17.1 Å². The Morgan fingerprint density at radius 2 is 1.79 bits per heavy atom. The van der Waals surface area contributed by atoms with Crippen LogP contribution in [0.25, 0.3) is 0 Å². The highest BCUT2D eigenvalue weighted by molar-refractivity contribution is 7.92. The van der Waals surface area contributed by atoms with Gasteiger partial charge in [0, 0.05) is 29.7 Å². The van der Waals surface area contributed by atoms with Crippen LogP contribution in [0.4, 0.5) is 11.4 Å². The summed E-state index contributed by atoms with van der Waals surface area (Å²) in [4.78, 5) is 39.2. The highest BCUT2D eigenvalue weighted by atomic mass is 35.5. The Bertz CT molecular complexity index is 1280. The predicted octanol–water partition coefficient (Wildman–Crippen LogP) is 4.19. The lowest BCUT2D eigenvalue weighted by Gasteiger charge is -2.33. The van der Waals surface area contributed by atoms with Gasteiger partial charge < -0.3 is 10.2 Å². The summed E-state index contributed by atoms with van der Waals surface area (Å²) in [6.07, 6.45) is 5.06. The number of benzene rings is 2. The second-order valence-electron chi connectivity index (χ2n) is 9.56. The summed E-state index contributed by atoms with van der Waals surface area (Å²) in [6, 6.07) is 9.88. The van der Waals surface area contributed by atoms with Crippen molar-refractivity contribution in [1.82, 2.24) is 10.2 Å². The maximum atomic E-state index is 13.8. The Hall–Kier alpha value is -3.18. The van der Waals surface area contributed by atoms with Gasteiger partial charge >= 0.3 is 0 Å². The van der Waals surface area contributed by atoms with Gasteiger partial charge in [0.25, 0.3) is 5.69 Å². The van der Waals surface area contributed by atoms with Crippen LogP contribution in [-0.2, 0) is 26.2 Å². The van der Waals surface area contributed by atoms with Crippen LogP contribution in [0.2, 0.25) is 5.02 Å². The summed E-state index contributed by atoms with van der Waals surface area (Å²) in [5.41, 5.74) is 0.897. The molecule has 0 saturated heterocycles. The summed E-state index contributed by atoms with van der Waals surface area (Å²) < 4.78 is 26.5. The second-order valence-corrected chi connectivity index (χ2v) is 11.9. The molecule has 38 heavy (non-hydrogen) atoms. The zero-order chi connectivity index (χ0) is 28.0. The van der Waals surface area contributed by atoms with Gasteiger partial charge in [-0.3, -0.25) is 24.0 Å². The van der Waals surface area contributed by atoms with Crippen molar-refractivity contribution in [2.24, 2.45) is 0 Å². The molecule has 2 amide bonds. The second kappa shape index (κ2) is 12.6. The van der Waals surface area contributed by atoms with Gasteiger partial charge in [-0.15, -0.1) is 0 Å². The molecule has 206 valence electrons. The number of non-ortho nitro benzene ring substituents is 1. The first-order chi connectivity index (χ1) is 17.9. The number of nitro benzene ring substituents is 1. The molecule has 1 N–H and O–H groups in total. The molecule has 10 nitrogen and oxygen atoms in total. The lowest BCUT2D eigenvalue weighted by Crippen LogP contribution is -2.53. The number of aryl methyl sites for hydroxylation is 1. The summed E-state index contributed by atoms with van der Waals surface area (Å²) in [5, 5.41) is 14.9. The van der Waals surface area contributed by atoms with Crippen LogP contribution in [0.15, 0.2) is 42.5 Å². The van der Waals surface area contributed by atoms with Crippen molar-refractivity contribution >= 4 is 44.8 Å². The number of amides is 2. The van der Waals surface area contributed by atoms with Crippen LogP contribution >= 0.6 is 11.6 Å². The van der Waals surface area contributed by atoms with Gasteiger partial charge in [-0.05, 0) is 49.4 Å². The molecule has 0 aliphatic heterocycles. The normalized spacial score (nSPS) is 14.6. The molecule has 2 aromatic rings. The SMILES string of the molecule is CC[C@@H](C(=O)NC1CCCC1)N(Cc1ccc(Cl)cc1)C(=O)CN(c1cc([N+](=O)[O-])ccc1C)S(C)(=O)=O. The molecule has 0 spiro atoms. The van der Waals surface area contributed by atoms with Crippen LogP contribution in [0.3, 0.4) is 0 Å². The molecule has 0 unspecified atom stereocenters. The molecule has 2 aromatic carbocycles. The van der Waals surface area contributed by atoms with E-state index in [2.05, 4.69) is 5.32 Å². The van der Waals surface area contributed by atoms with Crippen molar-refractivity contribution in [3.8, 4) is 0 Å². The van der Waals surface area contributed by atoms with E-state index in [0.29, 0.717) is 22.6 Å². The van der Waals surface area contributed by atoms with E-state index < -0.39 is 33.4 Å². The van der Waals surface area contributed by atoms with Crippen LogP contribution < -0.4 is 9.62 Å². The van der Waals surface area contributed by atoms with Gasteiger partial charge in [-0.25, -0.2) is 8.42 Å². The first-order valence-corrected chi connectivity index (χ1v) is 14.7. The number of rotatable bonds is 11. The summed E-state index contributed by atoms with van der Waals surface area (Å²) >= 11 is 6.02. The van der Waals surface area contributed by atoms with Gasteiger partial charge in [-0.2, -0.15) is 0 Å². The summed E-state index contributed by atoms with van der Waals surface area (Å²) in [7, 11) is -4.02. The molecular weight excluding hydrogens is 532 g/mol. The van der Waals surface area contributed by atoms with Crippen molar-refractivity contribution in [3.63, 3.8) is 0 Å². The highest BCUT2D eigenvalue weighted by Gasteiger charge is 2.33. The fourth-order valence-electron chi connectivity index (χ4n) is 4.65. The maximum absolute atomic E-state index is 13.8. The molecule has 0 radical (unpaired) electrons. The fraction of sp³-hybridized carbons (Fsp3) is 0.462. The number of anilines is 1. The highest BCUT2D eigenvalue weighted by Crippen LogP contribution is 2.28. The summed E-state index contributed by atoms with van der Waals surface area (Å²) in [5.74, 6) is -0.899. The monoisotopic (exact) mass is 564 g/mol. The largest absolute Gasteiger partial charge is 0.352 e. The van der Waals surface area contributed by atoms with Crippen molar-refractivity contribution in [1.29, 1.82) is 0 Å². The molecule has 12 heteroatoms. The molecule has 1 aliphatic rings. The van der Waals surface area contributed by atoms with E-state index in [9.17, 15) is 28.1 Å². The van der Waals surface area contributed by atoms with Gasteiger partial charge in [0.15, 0.2) is 0 Å². The third kappa shape index (κ3) is 7.44. The zero-order valence-electron chi connectivity index (χ0n) is 21.7. The number of hydrogen-bond acceptors (Lipinski definition) is 6. The van der Waals surface area contributed by atoms with Gasteiger partial charge in [0.05, 0.1) is 16.9 Å². The zero-order valence-corrected chi connectivity index (χ0v) is 23.3. The molecule has 0 heterocycles. The van der Waals surface area contributed by atoms with Crippen molar-refractivity contribution in [2.45, 2.75) is 64.6 Å². The van der Waals surface area contributed by atoms with Gasteiger partial charge in [0.2, 0.25) is 21.8 Å². The lowest BCUT2D eigenvalue weighted by molar-refractivity contribution is -0.384. The number of hydrogen-bond donors (Lipinski definition) is 1. The van der Waals surface area contributed by atoms with E-state index in [1.165, 1.54) is 17.0 Å². The number of nitro groups is 1. The van der Waals surface area contributed by atoms with Crippen LogP contribution in [-0.4, -0.2) is 54.9 Å². The van der Waals surface area contributed by atoms with E-state index in [-0.39, 0.29) is 29.9 Å². The Balaban J connectivity index is 1.97. The molecule has 0 bridgehead atoms. The Labute approximate surface area is 228 Å². The quantitative estimate of drug-likeness (QED) is 0.322. The van der Waals surface area contributed by atoms with E-state index in [1.807, 2.05) is 0 Å². The third-order valence-electron chi connectivity index (χ3n) is 6.71. The minimum absolute atomic E-state index is 0.0324. The number of nitrogens with one attached hydrogen (secondary N) is 1. The minimum Gasteiger partial charge on any atom is -0.352 e. The number of halogens is 1. The Morgan fingerprint density at radius 1 is 1.16 bits per heavy atom.